The Balaban J connectivity index is 2.33. The van der Waals surface area contributed by atoms with Crippen molar-refractivity contribution in [1.29, 1.82) is 0 Å². The quantitative estimate of drug-likeness (QED) is 0.568. The summed E-state index contributed by atoms with van der Waals surface area (Å²) >= 11 is 0. The van der Waals surface area contributed by atoms with Gasteiger partial charge in [0.15, 0.2) is 0 Å². The van der Waals surface area contributed by atoms with Gasteiger partial charge in [-0.25, -0.2) is 4.79 Å². The van der Waals surface area contributed by atoms with Crippen LogP contribution in [-0.4, -0.2) is 31.1 Å². The average molecular weight is 264 g/mol. The van der Waals surface area contributed by atoms with Crippen molar-refractivity contribution in [3.05, 3.63) is 30.3 Å². The van der Waals surface area contributed by atoms with Gasteiger partial charge in [0.05, 0.1) is 0 Å². The maximum Gasteiger partial charge on any atom is 0.319 e. The van der Waals surface area contributed by atoms with Gasteiger partial charge in [0.25, 0.3) is 0 Å². The molecule has 1 rings (SSSR count). The summed E-state index contributed by atoms with van der Waals surface area (Å²) < 4.78 is 0. The Morgan fingerprint density at radius 1 is 1.26 bits per heavy atom. The maximum absolute atomic E-state index is 11.6. The Morgan fingerprint density at radius 3 is 2.58 bits per heavy atom. The van der Waals surface area contributed by atoms with Crippen molar-refractivity contribution in [2.45, 2.75) is 19.4 Å². The summed E-state index contributed by atoms with van der Waals surface area (Å²) in [5.74, 6) is -0.225. The van der Waals surface area contributed by atoms with Crippen LogP contribution in [0.25, 0.3) is 0 Å². The molecule has 0 aliphatic heterocycles. The van der Waals surface area contributed by atoms with Crippen LogP contribution < -0.4 is 21.7 Å². The van der Waals surface area contributed by atoms with Gasteiger partial charge in [0, 0.05) is 12.2 Å². The third-order valence-corrected chi connectivity index (χ3v) is 2.45. The highest BCUT2D eigenvalue weighted by Crippen LogP contribution is 2.04. The molecular weight excluding hydrogens is 244 g/mol. The van der Waals surface area contributed by atoms with Gasteiger partial charge in [-0.05, 0) is 32.0 Å². The molecule has 19 heavy (non-hydrogen) atoms. The molecule has 0 saturated carbocycles. The second kappa shape index (κ2) is 8.10. The molecule has 1 unspecified atom stereocenters. The number of carbonyl (C=O) groups is 2. The summed E-state index contributed by atoms with van der Waals surface area (Å²) in [5.41, 5.74) is 6.00. The van der Waals surface area contributed by atoms with Gasteiger partial charge in [-0.1, -0.05) is 18.2 Å². The number of urea groups is 1. The smallest absolute Gasteiger partial charge is 0.319 e. The fraction of sp³-hybridized carbons (Fsp3) is 0.385. The first kappa shape index (κ1) is 15.0. The maximum atomic E-state index is 11.6. The summed E-state index contributed by atoms with van der Waals surface area (Å²) in [6.07, 6.45) is 0.717. The molecular formula is C13H20N4O2. The third kappa shape index (κ3) is 5.87. The normalized spacial score (nSPS) is 11.5. The van der Waals surface area contributed by atoms with Crippen LogP contribution in [0.2, 0.25) is 0 Å². The van der Waals surface area contributed by atoms with Crippen molar-refractivity contribution in [1.82, 2.24) is 10.6 Å². The van der Waals surface area contributed by atoms with E-state index >= 15 is 0 Å². The summed E-state index contributed by atoms with van der Waals surface area (Å²) in [6, 6.07) is 8.03. The van der Waals surface area contributed by atoms with E-state index in [-0.39, 0.29) is 5.91 Å². The fourth-order valence-corrected chi connectivity index (χ4v) is 1.42. The number of rotatable bonds is 6. The highest BCUT2D eigenvalue weighted by Gasteiger charge is 2.14. The molecule has 3 amide bonds. The van der Waals surface area contributed by atoms with Gasteiger partial charge in [0.2, 0.25) is 5.91 Å². The molecule has 6 nitrogen and oxygen atoms in total. The van der Waals surface area contributed by atoms with Crippen LogP contribution in [0.5, 0.6) is 0 Å². The summed E-state index contributed by atoms with van der Waals surface area (Å²) in [7, 11) is 0. The lowest BCUT2D eigenvalue weighted by Gasteiger charge is -2.14. The lowest BCUT2D eigenvalue weighted by molar-refractivity contribution is -0.122. The number of anilines is 1. The number of nitrogens with two attached hydrogens (primary N) is 1. The molecule has 0 heterocycles. The summed E-state index contributed by atoms with van der Waals surface area (Å²) in [6.45, 7) is 2.67. The second-order valence-corrected chi connectivity index (χ2v) is 4.12. The van der Waals surface area contributed by atoms with Crippen LogP contribution in [-0.2, 0) is 4.79 Å². The van der Waals surface area contributed by atoms with Crippen LogP contribution in [0.1, 0.15) is 13.3 Å². The first-order chi connectivity index (χ1) is 9.13. The molecule has 0 aliphatic rings. The molecule has 5 N–H and O–H groups in total. The second-order valence-electron chi connectivity index (χ2n) is 4.12. The topological polar surface area (TPSA) is 96.2 Å². The molecule has 0 aromatic heterocycles. The zero-order chi connectivity index (χ0) is 14.1. The van der Waals surface area contributed by atoms with E-state index < -0.39 is 12.1 Å². The highest BCUT2D eigenvalue weighted by atomic mass is 16.2. The Hall–Kier alpha value is -2.08. The van der Waals surface area contributed by atoms with E-state index in [0.29, 0.717) is 25.2 Å². The number of benzene rings is 1. The lowest BCUT2D eigenvalue weighted by atomic mass is 10.3. The Kier molecular flexibility index (Phi) is 6.38. The van der Waals surface area contributed by atoms with Crippen molar-refractivity contribution in [2.24, 2.45) is 5.73 Å². The molecule has 1 aromatic carbocycles. The van der Waals surface area contributed by atoms with E-state index in [1.807, 2.05) is 18.2 Å². The third-order valence-electron chi connectivity index (χ3n) is 2.45. The van der Waals surface area contributed by atoms with Crippen molar-refractivity contribution < 1.29 is 9.59 Å². The van der Waals surface area contributed by atoms with E-state index in [2.05, 4.69) is 16.0 Å². The van der Waals surface area contributed by atoms with Gasteiger partial charge in [-0.3, -0.25) is 4.79 Å². The minimum atomic E-state index is -0.596. The predicted molar refractivity (Wildman–Crippen MR) is 74.7 cm³/mol. The largest absolute Gasteiger partial charge is 0.354 e. The Labute approximate surface area is 112 Å². The molecule has 6 heteroatoms. The Bertz CT molecular complexity index is 408. The molecule has 104 valence electrons. The van der Waals surface area contributed by atoms with Gasteiger partial charge in [0.1, 0.15) is 6.04 Å². The van der Waals surface area contributed by atoms with Gasteiger partial charge in [-0.2, -0.15) is 0 Å². The van der Waals surface area contributed by atoms with Crippen LogP contribution in [0.3, 0.4) is 0 Å². The molecule has 0 radical (unpaired) electrons. The van der Waals surface area contributed by atoms with E-state index in [0.717, 1.165) is 0 Å². The van der Waals surface area contributed by atoms with Crippen molar-refractivity contribution in [3.63, 3.8) is 0 Å². The molecule has 0 saturated heterocycles. The minimum absolute atomic E-state index is 0.225. The summed E-state index contributed by atoms with van der Waals surface area (Å²) in [5, 5.41) is 7.90. The number of para-hydroxylation sites is 1. The fourth-order valence-electron chi connectivity index (χ4n) is 1.42. The molecule has 0 spiro atoms. The van der Waals surface area contributed by atoms with Gasteiger partial charge >= 0.3 is 6.03 Å². The van der Waals surface area contributed by atoms with E-state index in [9.17, 15) is 9.59 Å². The monoisotopic (exact) mass is 264 g/mol. The zero-order valence-electron chi connectivity index (χ0n) is 11.0. The number of amides is 3. The Morgan fingerprint density at radius 2 is 1.95 bits per heavy atom. The van der Waals surface area contributed by atoms with Gasteiger partial charge < -0.3 is 21.7 Å². The van der Waals surface area contributed by atoms with Crippen LogP contribution in [0, 0.1) is 0 Å². The highest BCUT2D eigenvalue weighted by molar-refractivity contribution is 5.93. The van der Waals surface area contributed by atoms with Gasteiger partial charge in [-0.15, -0.1) is 0 Å². The first-order valence-electron chi connectivity index (χ1n) is 6.24. The predicted octanol–water partition coefficient (Wildman–Crippen LogP) is 0.662. The van der Waals surface area contributed by atoms with Crippen LogP contribution >= 0.6 is 0 Å². The number of hydrogen-bond donors (Lipinski definition) is 4. The zero-order valence-corrected chi connectivity index (χ0v) is 11.0. The number of hydrogen-bond acceptors (Lipinski definition) is 3. The minimum Gasteiger partial charge on any atom is -0.354 e. The number of nitrogens with one attached hydrogen (secondary N) is 3. The molecule has 0 bridgehead atoms. The SMILES string of the molecule is CC(NC(=O)Nc1ccccc1)C(=O)NCCCN. The van der Waals surface area contributed by atoms with Crippen LogP contribution in [0.4, 0.5) is 10.5 Å². The van der Waals surface area contributed by atoms with E-state index in [1.54, 1.807) is 19.1 Å². The standard InChI is InChI=1S/C13H20N4O2/c1-10(12(18)15-9-5-8-14)16-13(19)17-11-6-3-2-4-7-11/h2-4,6-7,10H,5,8-9,14H2,1H3,(H,15,18)(H2,16,17,19). The lowest BCUT2D eigenvalue weighted by Crippen LogP contribution is -2.46. The van der Waals surface area contributed by atoms with Crippen LogP contribution in [0.15, 0.2) is 30.3 Å². The summed E-state index contributed by atoms with van der Waals surface area (Å²) in [4.78, 5) is 23.2. The number of carbonyl (C=O) groups excluding carboxylic acids is 2. The van der Waals surface area contributed by atoms with E-state index in [4.69, 9.17) is 5.73 Å². The molecule has 0 aliphatic carbocycles. The molecule has 0 fully saturated rings. The molecule has 1 aromatic rings. The average Bonchev–Trinajstić information content (AvgIpc) is 2.39. The van der Waals surface area contributed by atoms with E-state index in [1.165, 1.54) is 0 Å². The van der Waals surface area contributed by atoms with Crippen molar-refractivity contribution >= 4 is 17.6 Å². The van der Waals surface area contributed by atoms with Crippen molar-refractivity contribution in [3.8, 4) is 0 Å². The first-order valence-corrected chi connectivity index (χ1v) is 6.24. The molecule has 1 atom stereocenters. The van der Waals surface area contributed by atoms with Crippen molar-refractivity contribution in [2.75, 3.05) is 18.4 Å².